The van der Waals surface area contributed by atoms with Crippen LogP contribution in [-0.4, -0.2) is 24.7 Å². The molecule has 6 heteroatoms. The Morgan fingerprint density at radius 1 is 1.29 bits per heavy atom. The maximum atomic E-state index is 11.6. The molecular formula is C15H23N3O3. The monoisotopic (exact) mass is 293 g/mol. The van der Waals surface area contributed by atoms with E-state index in [0.29, 0.717) is 0 Å². The van der Waals surface area contributed by atoms with Crippen molar-refractivity contribution in [2.24, 2.45) is 11.7 Å². The SMILES string of the molecule is CC[C@H](C)[C@@H](N)NC(=O)CNC(=O)OCc1ccccc1. The van der Waals surface area contributed by atoms with Gasteiger partial charge in [-0.1, -0.05) is 50.6 Å². The molecular weight excluding hydrogens is 270 g/mol. The molecule has 0 heterocycles. The molecule has 2 amide bonds. The van der Waals surface area contributed by atoms with Crippen LogP contribution in [0.3, 0.4) is 0 Å². The van der Waals surface area contributed by atoms with Gasteiger partial charge in [0.2, 0.25) is 5.91 Å². The smallest absolute Gasteiger partial charge is 0.407 e. The number of ether oxygens (including phenoxy) is 1. The first-order valence-corrected chi connectivity index (χ1v) is 7.02. The van der Waals surface area contributed by atoms with Crippen molar-refractivity contribution in [1.82, 2.24) is 10.6 Å². The normalized spacial score (nSPS) is 13.1. The maximum absolute atomic E-state index is 11.6. The first kappa shape index (κ1) is 17.0. The van der Waals surface area contributed by atoms with E-state index >= 15 is 0 Å². The van der Waals surface area contributed by atoms with Crippen molar-refractivity contribution >= 4 is 12.0 Å². The number of amides is 2. The Morgan fingerprint density at radius 2 is 1.95 bits per heavy atom. The minimum absolute atomic E-state index is 0.155. The Labute approximate surface area is 125 Å². The summed E-state index contributed by atoms with van der Waals surface area (Å²) < 4.78 is 4.99. The van der Waals surface area contributed by atoms with Crippen molar-refractivity contribution in [1.29, 1.82) is 0 Å². The van der Waals surface area contributed by atoms with Crippen molar-refractivity contribution in [2.45, 2.75) is 33.0 Å². The fraction of sp³-hybridized carbons (Fsp3) is 0.467. The quantitative estimate of drug-likeness (QED) is 0.662. The molecule has 0 bridgehead atoms. The van der Waals surface area contributed by atoms with Gasteiger partial charge in [0.05, 0.1) is 6.17 Å². The molecule has 0 unspecified atom stereocenters. The maximum Gasteiger partial charge on any atom is 0.407 e. The van der Waals surface area contributed by atoms with Crippen LogP contribution in [-0.2, 0) is 16.1 Å². The number of rotatable bonds is 7. The second kappa shape index (κ2) is 8.97. The molecule has 0 saturated carbocycles. The van der Waals surface area contributed by atoms with Crippen molar-refractivity contribution in [2.75, 3.05) is 6.54 Å². The summed E-state index contributed by atoms with van der Waals surface area (Å²) in [5.41, 5.74) is 6.68. The number of hydrogen-bond donors (Lipinski definition) is 3. The average molecular weight is 293 g/mol. The van der Waals surface area contributed by atoms with Crippen LogP contribution in [0.2, 0.25) is 0 Å². The Bertz CT molecular complexity index is 451. The Balaban J connectivity index is 2.22. The van der Waals surface area contributed by atoms with Crippen molar-refractivity contribution < 1.29 is 14.3 Å². The van der Waals surface area contributed by atoms with Crippen LogP contribution in [0, 0.1) is 5.92 Å². The van der Waals surface area contributed by atoms with Gasteiger partial charge in [0.25, 0.3) is 0 Å². The van der Waals surface area contributed by atoms with Gasteiger partial charge >= 0.3 is 6.09 Å². The molecule has 1 rings (SSSR count). The van der Waals surface area contributed by atoms with Gasteiger partial charge in [0, 0.05) is 0 Å². The molecule has 0 aliphatic heterocycles. The summed E-state index contributed by atoms with van der Waals surface area (Å²) in [6.07, 6.45) is -0.177. The topological polar surface area (TPSA) is 93.5 Å². The minimum Gasteiger partial charge on any atom is -0.445 e. The number of nitrogens with one attached hydrogen (secondary N) is 2. The van der Waals surface area contributed by atoms with Crippen LogP contribution in [0.25, 0.3) is 0 Å². The second-order valence-corrected chi connectivity index (χ2v) is 4.89. The highest BCUT2D eigenvalue weighted by molar-refractivity contribution is 5.82. The van der Waals surface area contributed by atoms with E-state index in [9.17, 15) is 9.59 Å². The second-order valence-electron chi connectivity index (χ2n) is 4.89. The lowest BCUT2D eigenvalue weighted by molar-refractivity contribution is -0.121. The number of benzene rings is 1. The molecule has 0 radical (unpaired) electrons. The van der Waals surface area contributed by atoms with Gasteiger partial charge in [-0.2, -0.15) is 0 Å². The van der Waals surface area contributed by atoms with Gasteiger partial charge in [-0.15, -0.1) is 0 Å². The molecule has 21 heavy (non-hydrogen) atoms. The van der Waals surface area contributed by atoms with Crippen LogP contribution in [0.5, 0.6) is 0 Å². The zero-order valence-electron chi connectivity index (χ0n) is 12.5. The number of carbonyl (C=O) groups excluding carboxylic acids is 2. The number of alkyl carbamates (subject to hydrolysis) is 1. The molecule has 4 N–H and O–H groups in total. The summed E-state index contributed by atoms with van der Waals surface area (Å²) in [6.45, 7) is 3.96. The Hall–Kier alpha value is -2.08. The molecule has 0 saturated heterocycles. The summed E-state index contributed by atoms with van der Waals surface area (Å²) in [7, 11) is 0. The molecule has 0 spiro atoms. The van der Waals surface area contributed by atoms with E-state index in [-0.39, 0.29) is 25.0 Å². The number of carbonyl (C=O) groups is 2. The number of nitrogens with two attached hydrogens (primary N) is 1. The summed E-state index contributed by atoms with van der Waals surface area (Å²) in [6, 6.07) is 9.31. The van der Waals surface area contributed by atoms with Crippen LogP contribution in [0.15, 0.2) is 30.3 Å². The number of hydrogen-bond acceptors (Lipinski definition) is 4. The molecule has 1 aromatic rings. The lowest BCUT2D eigenvalue weighted by Crippen LogP contribution is -2.49. The van der Waals surface area contributed by atoms with Gasteiger partial charge in [-0.05, 0) is 11.5 Å². The van der Waals surface area contributed by atoms with Gasteiger partial charge in [0.15, 0.2) is 0 Å². The van der Waals surface area contributed by atoms with Gasteiger partial charge in [-0.3, -0.25) is 4.79 Å². The largest absolute Gasteiger partial charge is 0.445 e. The molecule has 0 aliphatic carbocycles. The van der Waals surface area contributed by atoms with Crippen molar-refractivity contribution in [3.63, 3.8) is 0 Å². The fourth-order valence-electron chi connectivity index (χ4n) is 1.56. The minimum atomic E-state index is -0.633. The van der Waals surface area contributed by atoms with E-state index in [0.717, 1.165) is 12.0 Å². The molecule has 0 aliphatic rings. The van der Waals surface area contributed by atoms with Crippen LogP contribution < -0.4 is 16.4 Å². The zero-order chi connectivity index (χ0) is 15.7. The lowest BCUT2D eigenvalue weighted by Gasteiger charge is -2.19. The van der Waals surface area contributed by atoms with Crippen LogP contribution in [0.1, 0.15) is 25.8 Å². The van der Waals surface area contributed by atoms with E-state index in [2.05, 4.69) is 10.6 Å². The molecule has 2 atom stereocenters. The molecule has 6 nitrogen and oxygen atoms in total. The van der Waals surface area contributed by atoms with Crippen molar-refractivity contribution in [3.05, 3.63) is 35.9 Å². The molecule has 0 aromatic heterocycles. The Morgan fingerprint density at radius 3 is 2.57 bits per heavy atom. The Kier molecular flexibility index (Phi) is 7.25. The predicted molar refractivity (Wildman–Crippen MR) is 80.2 cm³/mol. The average Bonchev–Trinajstić information content (AvgIpc) is 2.51. The zero-order valence-corrected chi connectivity index (χ0v) is 12.5. The van der Waals surface area contributed by atoms with Crippen molar-refractivity contribution in [3.8, 4) is 0 Å². The van der Waals surface area contributed by atoms with E-state index in [1.807, 2.05) is 44.2 Å². The highest BCUT2D eigenvalue weighted by Gasteiger charge is 2.14. The highest BCUT2D eigenvalue weighted by Crippen LogP contribution is 2.02. The summed E-state index contributed by atoms with van der Waals surface area (Å²) in [5, 5.41) is 5.01. The molecule has 1 aromatic carbocycles. The lowest BCUT2D eigenvalue weighted by atomic mass is 10.1. The third kappa shape index (κ3) is 6.76. The summed E-state index contributed by atoms with van der Waals surface area (Å²) in [5.74, 6) is -0.154. The van der Waals surface area contributed by atoms with Crippen LogP contribution >= 0.6 is 0 Å². The van der Waals surface area contributed by atoms with E-state index in [1.54, 1.807) is 0 Å². The van der Waals surface area contributed by atoms with Crippen LogP contribution in [0.4, 0.5) is 4.79 Å². The molecule has 0 fully saturated rings. The third-order valence-electron chi connectivity index (χ3n) is 3.19. The van der Waals surface area contributed by atoms with Gasteiger partial charge in [-0.25, -0.2) is 4.79 Å². The predicted octanol–water partition coefficient (Wildman–Crippen LogP) is 1.36. The van der Waals surface area contributed by atoms with Gasteiger partial charge in [0.1, 0.15) is 13.2 Å². The van der Waals surface area contributed by atoms with E-state index in [4.69, 9.17) is 10.5 Å². The van der Waals surface area contributed by atoms with E-state index < -0.39 is 12.3 Å². The standard InChI is InChI=1S/C15H23N3O3/c1-3-11(2)14(16)18-13(19)9-17-15(20)21-10-12-7-5-4-6-8-12/h4-8,11,14H,3,9-10,16H2,1-2H3,(H,17,20)(H,18,19)/t11-,14-/m0/s1. The third-order valence-corrected chi connectivity index (χ3v) is 3.19. The molecule has 116 valence electrons. The van der Waals surface area contributed by atoms with E-state index in [1.165, 1.54) is 0 Å². The van der Waals surface area contributed by atoms with Gasteiger partial charge < -0.3 is 21.1 Å². The first-order valence-electron chi connectivity index (χ1n) is 7.02. The fourth-order valence-corrected chi connectivity index (χ4v) is 1.56. The summed E-state index contributed by atoms with van der Waals surface area (Å²) in [4.78, 5) is 23.0. The first-order chi connectivity index (χ1) is 10.0. The highest BCUT2D eigenvalue weighted by atomic mass is 16.5. The summed E-state index contributed by atoms with van der Waals surface area (Å²) >= 11 is 0.